The van der Waals surface area contributed by atoms with Gasteiger partial charge in [0, 0.05) is 11.8 Å². The second kappa shape index (κ2) is 15.6. The Labute approximate surface area is 186 Å². The van der Waals surface area contributed by atoms with Gasteiger partial charge in [-0.25, -0.2) is 0 Å². The Balaban J connectivity index is 2.27. The molecule has 0 fully saturated rings. The van der Waals surface area contributed by atoms with Crippen molar-refractivity contribution >= 4 is 17.7 Å². The molecule has 6 nitrogen and oxygen atoms in total. The van der Waals surface area contributed by atoms with E-state index in [9.17, 15) is 19.5 Å². The van der Waals surface area contributed by atoms with Gasteiger partial charge in [-0.3, -0.25) is 14.4 Å². The van der Waals surface area contributed by atoms with Gasteiger partial charge >= 0.3 is 11.9 Å². The van der Waals surface area contributed by atoms with Gasteiger partial charge in [0.2, 0.25) is 0 Å². The summed E-state index contributed by atoms with van der Waals surface area (Å²) >= 11 is 0. The minimum Gasteiger partial charge on any atom is -0.481 e. The van der Waals surface area contributed by atoms with Gasteiger partial charge in [0.1, 0.15) is 0 Å². The van der Waals surface area contributed by atoms with Crippen molar-refractivity contribution in [1.82, 2.24) is 0 Å². The van der Waals surface area contributed by atoms with Crippen molar-refractivity contribution in [3.05, 3.63) is 36.5 Å². The molecule has 1 unspecified atom stereocenters. The van der Waals surface area contributed by atoms with Crippen LogP contribution in [0.4, 0.5) is 0 Å². The predicted octanol–water partition coefficient (Wildman–Crippen LogP) is 4.63. The van der Waals surface area contributed by atoms with Crippen LogP contribution in [0.3, 0.4) is 0 Å². The zero-order valence-corrected chi connectivity index (χ0v) is 18.9. The fourth-order valence-corrected chi connectivity index (χ4v) is 3.45. The molecule has 1 aliphatic carbocycles. The molecule has 0 aromatic carbocycles. The zero-order chi connectivity index (χ0) is 23.1. The van der Waals surface area contributed by atoms with Crippen LogP contribution in [-0.4, -0.2) is 40.6 Å². The summed E-state index contributed by atoms with van der Waals surface area (Å²) < 4.78 is 4.99. The fraction of sp³-hybridized carbons (Fsp3) is 0.640. The summed E-state index contributed by atoms with van der Waals surface area (Å²) in [6, 6.07) is 0. The van der Waals surface area contributed by atoms with Gasteiger partial charge in [0.15, 0.2) is 5.78 Å². The van der Waals surface area contributed by atoms with Crippen LogP contribution >= 0.6 is 0 Å². The fourth-order valence-electron chi connectivity index (χ4n) is 3.45. The highest BCUT2D eigenvalue weighted by atomic mass is 16.5. The monoisotopic (exact) mass is 434 g/mol. The number of hydrogen-bond acceptors (Lipinski definition) is 5. The summed E-state index contributed by atoms with van der Waals surface area (Å²) in [5.41, 5.74) is 0. The second-order valence-corrected chi connectivity index (χ2v) is 8.26. The minimum atomic E-state index is -1.01. The van der Waals surface area contributed by atoms with Crippen LogP contribution in [-0.2, 0) is 19.1 Å². The molecule has 31 heavy (non-hydrogen) atoms. The van der Waals surface area contributed by atoms with Gasteiger partial charge < -0.3 is 14.9 Å². The van der Waals surface area contributed by atoms with Gasteiger partial charge in [0.05, 0.1) is 25.6 Å². The van der Waals surface area contributed by atoms with E-state index >= 15 is 0 Å². The highest BCUT2D eigenvalue weighted by Gasteiger charge is 2.27. The molecule has 0 aromatic heterocycles. The van der Waals surface area contributed by atoms with Crippen LogP contribution in [0.5, 0.6) is 0 Å². The van der Waals surface area contributed by atoms with Crippen molar-refractivity contribution in [2.75, 3.05) is 6.61 Å². The largest absolute Gasteiger partial charge is 0.481 e. The maximum Gasteiger partial charge on any atom is 0.306 e. The summed E-state index contributed by atoms with van der Waals surface area (Å²) in [5, 5.41) is 18.8. The van der Waals surface area contributed by atoms with E-state index in [1.54, 1.807) is 6.08 Å². The maximum absolute atomic E-state index is 12.2. The number of ketones is 1. The van der Waals surface area contributed by atoms with Crippen molar-refractivity contribution in [2.45, 2.75) is 77.7 Å². The van der Waals surface area contributed by atoms with E-state index < -0.39 is 18.0 Å². The number of esters is 1. The van der Waals surface area contributed by atoms with Crippen LogP contribution in [0.25, 0.3) is 0 Å². The number of hydrogen-bond donors (Lipinski definition) is 2. The lowest BCUT2D eigenvalue weighted by Crippen LogP contribution is -2.17. The van der Waals surface area contributed by atoms with E-state index in [1.807, 2.05) is 30.4 Å². The SMILES string of the molecule is CCCCC(C)[C@H](O)C=C[C@H]1C=CC(=O)[C@@H]1CC=CCCCCOC(=O)CCC(=O)O. The summed E-state index contributed by atoms with van der Waals surface area (Å²) in [6.07, 6.45) is 16.9. The van der Waals surface area contributed by atoms with E-state index in [4.69, 9.17) is 9.84 Å². The van der Waals surface area contributed by atoms with Gasteiger partial charge in [-0.05, 0) is 44.1 Å². The zero-order valence-electron chi connectivity index (χ0n) is 18.9. The summed E-state index contributed by atoms with van der Waals surface area (Å²) in [5.74, 6) is -1.23. The highest BCUT2D eigenvalue weighted by molar-refractivity contribution is 5.95. The van der Waals surface area contributed by atoms with Crippen LogP contribution < -0.4 is 0 Å². The first-order valence-corrected chi connectivity index (χ1v) is 11.5. The van der Waals surface area contributed by atoms with Crippen LogP contribution in [0.2, 0.25) is 0 Å². The molecule has 4 atom stereocenters. The van der Waals surface area contributed by atoms with Crippen molar-refractivity contribution in [1.29, 1.82) is 0 Å². The standard InChI is InChI=1S/C25H38O6/c1-3-4-10-19(2)22(26)14-12-20-13-15-23(27)21(20)11-8-6-5-7-9-18-31-25(30)17-16-24(28)29/h6,8,12-15,19-22,26H,3-5,7,9-11,16-18H2,1-2H3,(H,28,29)/t19?,20-,21+,22+/m0/s1. The van der Waals surface area contributed by atoms with Gasteiger partial charge in [-0.15, -0.1) is 0 Å². The number of rotatable bonds is 16. The van der Waals surface area contributed by atoms with E-state index in [2.05, 4.69) is 13.8 Å². The predicted molar refractivity (Wildman–Crippen MR) is 120 cm³/mol. The molecule has 0 aromatic rings. The number of allylic oxidation sites excluding steroid dienone is 5. The Hall–Kier alpha value is -2.21. The molecule has 0 bridgehead atoms. The molecule has 6 heteroatoms. The first-order valence-electron chi connectivity index (χ1n) is 11.5. The molecule has 174 valence electrons. The molecule has 2 N–H and O–H groups in total. The lowest BCUT2D eigenvalue weighted by atomic mass is 9.89. The Morgan fingerprint density at radius 1 is 1.19 bits per heavy atom. The molecule has 0 amide bonds. The van der Waals surface area contributed by atoms with Gasteiger partial charge in [0.25, 0.3) is 0 Å². The van der Waals surface area contributed by atoms with Crippen LogP contribution in [0.1, 0.15) is 71.6 Å². The Kier molecular flexibility index (Phi) is 13.5. The second-order valence-electron chi connectivity index (χ2n) is 8.26. The van der Waals surface area contributed by atoms with Crippen LogP contribution in [0, 0.1) is 17.8 Å². The summed E-state index contributed by atoms with van der Waals surface area (Å²) in [7, 11) is 0. The number of aliphatic hydroxyl groups excluding tert-OH is 1. The lowest BCUT2D eigenvalue weighted by molar-refractivity contribution is -0.147. The topological polar surface area (TPSA) is 101 Å². The van der Waals surface area contributed by atoms with Gasteiger partial charge in [-0.1, -0.05) is 57.1 Å². The first-order chi connectivity index (χ1) is 14.8. The maximum atomic E-state index is 12.2. The third kappa shape index (κ3) is 11.7. The summed E-state index contributed by atoms with van der Waals surface area (Å²) in [4.78, 5) is 33.9. The number of carbonyl (C=O) groups is 3. The Bertz CT molecular complexity index is 648. The molecule has 0 saturated carbocycles. The average molecular weight is 435 g/mol. The Morgan fingerprint density at radius 2 is 1.97 bits per heavy atom. The minimum absolute atomic E-state index is 0.0235. The molecule has 0 aliphatic heterocycles. The molecular weight excluding hydrogens is 396 g/mol. The van der Waals surface area contributed by atoms with Crippen molar-refractivity contribution in [3.63, 3.8) is 0 Å². The number of carboxylic acid groups (broad SMARTS) is 1. The van der Waals surface area contributed by atoms with Gasteiger partial charge in [-0.2, -0.15) is 0 Å². The molecule has 0 heterocycles. The number of aliphatic hydroxyl groups is 1. The van der Waals surface area contributed by atoms with E-state index in [-0.39, 0.29) is 36.4 Å². The first kappa shape index (κ1) is 26.8. The number of carboxylic acids is 1. The highest BCUT2D eigenvalue weighted by Crippen LogP contribution is 2.28. The quantitative estimate of drug-likeness (QED) is 0.209. The van der Waals surface area contributed by atoms with Crippen molar-refractivity contribution in [3.8, 4) is 0 Å². The number of unbranched alkanes of at least 4 members (excludes halogenated alkanes) is 3. The molecular formula is C25H38O6. The average Bonchev–Trinajstić information content (AvgIpc) is 3.09. The molecule has 1 rings (SSSR count). The normalized spacial score (nSPS) is 20.5. The van der Waals surface area contributed by atoms with Crippen LogP contribution in [0.15, 0.2) is 36.5 Å². The number of aliphatic carboxylic acids is 1. The van der Waals surface area contributed by atoms with E-state index in [0.29, 0.717) is 19.4 Å². The molecule has 0 spiro atoms. The van der Waals surface area contributed by atoms with Crippen molar-refractivity contribution in [2.24, 2.45) is 17.8 Å². The van der Waals surface area contributed by atoms with Crippen molar-refractivity contribution < 1.29 is 29.3 Å². The summed E-state index contributed by atoms with van der Waals surface area (Å²) in [6.45, 7) is 4.49. The third-order valence-corrected chi connectivity index (χ3v) is 5.57. The smallest absolute Gasteiger partial charge is 0.306 e. The third-order valence-electron chi connectivity index (χ3n) is 5.57. The van der Waals surface area contributed by atoms with E-state index in [0.717, 1.165) is 32.1 Å². The molecule has 0 radical (unpaired) electrons. The number of ether oxygens (including phenoxy) is 1. The van der Waals surface area contributed by atoms with E-state index in [1.165, 1.54) is 0 Å². The molecule has 0 saturated heterocycles. The molecule has 1 aliphatic rings. The number of carbonyl (C=O) groups excluding carboxylic acids is 2. The Morgan fingerprint density at radius 3 is 2.68 bits per heavy atom. The lowest BCUT2D eigenvalue weighted by Gasteiger charge is -2.17.